The quantitative estimate of drug-likeness (QED) is 0.211. The molecule has 1 heterocycles. The van der Waals surface area contributed by atoms with Gasteiger partial charge in [-0.1, -0.05) is 6.92 Å². The average Bonchev–Trinajstić information content (AvgIpc) is 3.30. The first-order valence-corrected chi connectivity index (χ1v) is 13.8. The van der Waals surface area contributed by atoms with E-state index in [1.165, 1.54) is 26.0 Å². The van der Waals surface area contributed by atoms with Crippen molar-refractivity contribution in [1.82, 2.24) is 4.98 Å². The number of hydrogen-bond donors (Lipinski definition) is 1. The number of ether oxygens (including phenoxy) is 3. The Morgan fingerprint density at radius 1 is 1.02 bits per heavy atom. The number of nitrogens with zero attached hydrogens (tertiary/aromatic N) is 2. The highest BCUT2D eigenvalue weighted by Gasteiger charge is 2.31. The molecule has 0 amide bonds. The minimum atomic E-state index is -4.73. The van der Waals surface area contributed by atoms with Gasteiger partial charge < -0.3 is 24.2 Å². The third-order valence-corrected chi connectivity index (χ3v) is 7.46. The predicted molar refractivity (Wildman–Crippen MR) is 150 cm³/mol. The molecule has 0 saturated heterocycles. The van der Waals surface area contributed by atoms with Crippen molar-refractivity contribution in [3.05, 3.63) is 52.4 Å². The van der Waals surface area contributed by atoms with E-state index in [0.717, 1.165) is 51.8 Å². The van der Waals surface area contributed by atoms with E-state index in [2.05, 4.69) is 9.64 Å². The Morgan fingerprint density at radius 3 is 2.23 bits per heavy atom. The number of halogens is 3. The molecule has 0 aliphatic heterocycles. The van der Waals surface area contributed by atoms with Gasteiger partial charge in [-0.3, -0.25) is 0 Å². The summed E-state index contributed by atoms with van der Waals surface area (Å²) in [6, 6.07) is 9.42. The van der Waals surface area contributed by atoms with Crippen LogP contribution in [0.5, 0.6) is 17.2 Å². The van der Waals surface area contributed by atoms with Crippen molar-refractivity contribution in [2.75, 3.05) is 24.6 Å². The molecule has 0 atom stereocenters. The van der Waals surface area contributed by atoms with Gasteiger partial charge in [0.15, 0.2) is 10.7 Å². The lowest BCUT2D eigenvalue weighted by atomic mass is 10.1. The second-order valence-corrected chi connectivity index (χ2v) is 10.8. The van der Waals surface area contributed by atoms with Gasteiger partial charge in [-0.25, -0.2) is 9.78 Å². The number of rotatable bonds is 13. The lowest BCUT2D eigenvalue weighted by Gasteiger charge is -2.24. The molecule has 0 radical (unpaired) electrons. The average molecular weight is 581 g/mol. The van der Waals surface area contributed by atoms with Crippen molar-refractivity contribution < 1.29 is 37.3 Å². The van der Waals surface area contributed by atoms with Gasteiger partial charge in [0.05, 0.1) is 12.3 Å². The Balaban J connectivity index is 1.63. The molecule has 3 rings (SSSR count). The molecule has 0 spiro atoms. The van der Waals surface area contributed by atoms with E-state index in [-0.39, 0.29) is 5.75 Å². The first kappa shape index (κ1) is 31.1. The summed E-state index contributed by atoms with van der Waals surface area (Å²) < 4.78 is 53.2. The van der Waals surface area contributed by atoms with Crippen molar-refractivity contribution in [2.24, 2.45) is 0 Å². The monoisotopic (exact) mass is 580 g/mol. The van der Waals surface area contributed by atoms with Crippen LogP contribution in [0.3, 0.4) is 0 Å². The maximum absolute atomic E-state index is 12.5. The zero-order valence-electron chi connectivity index (χ0n) is 23.5. The maximum Gasteiger partial charge on any atom is 0.573 e. The summed E-state index contributed by atoms with van der Waals surface area (Å²) in [7, 11) is 0. The molecule has 1 aromatic heterocycles. The number of carboxylic acids is 1. The zero-order valence-corrected chi connectivity index (χ0v) is 24.3. The fourth-order valence-corrected chi connectivity index (χ4v) is 5.04. The van der Waals surface area contributed by atoms with Gasteiger partial charge in [0.1, 0.15) is 17.2 Å². The van der Waals surface area contributed by atoms with E-state index >= 15 is 0 Å². The third kappa shape index (κ3) is 8.03. The van der Waals surface area contributed by atoms with Crippen LogP contribution >= 0.6 is 11.3 Å². The van der Waals surface area contributed by atoms with E-state index in [4.69, 9.17) is 14.5 Å². The molecular formula is C29H35F3N2O5S. The van der Waals surface area contributed by atoms with Crippen molar-refractivity contribution in [3.63, 3.8) is 0 Å². The number of hydrogen-bond acceptors (Lipinski definition) is 7. The summed E-state index contributed by atoms with van der Waals surface area (Å²) in [5.41, 5.74) is 1.78. The zero-order chi connectivity index (χ0) is 29.7. The van der Waals surface area contributed by atoms with Gasteiger partial charge in [-0.15, -0.1) is 24.5 Å². The van der Waals surface area contributed by atoms with Gasteiger partial charge in [0.25, 0.3) is 0 Å². The van der Waals surface area contributed by atoms with Crippen LogP contribution in [-0.4, -0.2) is 47.7 Å². The van der Waals surface area contributed by atoms with E-state index in [1.807, 2.05) is 33.8 Å². The molecule has 11 heteroatoms. The molecule has 0 unspecified atom stereocenters. The second kappa shape index (κ2) is 12.8. The van der Waals surface area contributed by atoms with Crippen molar-refractivity contribution >= 4 is 22.4 Å². The van der Waals surface area contributed by atoms with Crippen LogP contribution in [0.2, 0.25) is 0 Å². The van der Waals surface area contributed by atoms with Crippen LogP contribution in [0.1, 0.15) is 50.1 Å². The Hall–Kier alpha value is -3.47. The number of anilines is 1. The number of thiazole rings is 1. The highest BCUT2D eigenvalue weighted by atomic mass is 32.1. The summed E-state index contributed by atoms with van der Waals surface area (Å²) in [4.78, 5) is 19.4. The number of benzene rings is 2. The van der Waals surface area contributed by atoms with E-state index in [0.29, 0.717) is 24.7 Å². The number of aromatic nitrogens is 1. The number of alkyl halides is 3. The summed E-state index contributed by atoms with van der Waals surface area (Å²) >= 11 is 1.58. The maximum atomic E-state index is 12.5. The fourth-order valence-electron chi connectivity index (χ4n) is 3.93. The van der Waals surface area contributed by atoms with Crippen molar-refractivity contribution in [2.45, 2.75) is 66.3 Å². The molecule has 0 bridgehead atoms. The number of carbonyl (C=O) groups is 1. The SMILES string of the molecule is CCc1sc(N(CC)CCCOc2cc(C)c(OC(C)(C)C(=O)O)cc2C)nc1-c1ccc(OC(F)(F)F)cc1. The first-order valence-electron chi connectivity index (χ1n) is 13.0. The van der Waals surface area contributed by atoms with Crippen molar-refractivity contribution in [1.29, 1.82) is 0 Å². The molecule has 218 valence electrons. The number of aliphatic carboxylic acids is 1. The smallest absolute Gasteiger partial charge is 0.493 e. The highest BCUT2D eigenvalue weighted by molar-refractivity contribution is 7.16. The number of carboxylic acid groups (broad SMARTS) is 1. The first-order chi connectivity index (χ1) is 18.7. The molecule has 1 N–H and O–H groups in total. The fraction of sp³-hybridized carbons (Fsp3) is 0.448. The van der Waals surface area contributed by atoms with Crippen LogP contribution in [-0.2, 0) is 11.2 Å². The summed E-state index contributed by atoms with van der Waals surface area (Å²) in [5, 5.41) is 10.2. The molecule has 40 heavy (non-hydrogen) atoms. The normalized spacial score (nSPS) is 11.8. The lowest BCUT2D eigenvalue weighted by molar-refractivity contribution is -0.274. The van der Waals surface area contributed by atoms with E-state index in [9.17, 15) is 23.1 Å². The molecule has 0 fully saturated rings. The molecule has 2 aromatic carbocycles. The minimum absolute atomic E-state index is 0.267. The Bertz CT molecular complexity index is 1310. The second-order valence-electron chi connectivity index (χ2n) is 9.78. The topological polar surface area (TPSA) is 81.1 Å². The minimum Gasteiger partial charge on any atom is -0.493 e. The molecule has 7 nitrogen and oxygen atoms in total. The van der Waals surface area contributed by atoms with Crippen LogP contribution < -0.4 is 19.1 Å². The molecule has 3 aromatic rings. The van der Waals surface area contributed by atoms with Gasteiger partial charge in [-0.05, 0) is 95.0 Å². The third-order valence-electron chi connectivity index (χ3n) is 6.20. The van der Waals surface area contributed by atoms with Crippen LogP contribution in [0.15, 0.2) is 36.4 Å². The van der Waals surface area contributed by atoms with Gasteiger partial charge in [-0.2, -0.15) is 0 Å². The number of aryl methyl sites for hydroxylation is 3. The summed E-state index contributed by atoms with van der Waals surface area (Å²) in [6.07, 6.45) is -3.25. The molecule has 0 aliphatic carbocycles. The lowest BCUT2D eigenvalue weighted by Crippen LogP contribution is -2.38. The molecule has 0 aliphatic rings. The standard InChI is InChI=1S/C29H35F3N2O5S/c1-7-24-25(20-10-12-21(13-11-20)38-29(30,31)32)33-27(40-24)34(8-2)14-9-15-37-22-16-19(4)23(17-18(22)3)39-28(5,6)26(35)36/h10-13,16-17H,7-9,14-15H2,1-6H3,(H,35,36). The molecular weight excluding hydrogens is 545 g/mol. The Morgan fingerprint density at radius 2 is 1.65 bits per heavy atom. The van der Waals surface area contributed by atoms with Gasteiger partial charge in [0.2, 0.25) is 0 Å². The molecule has 0 saturated carbocycles. The van der Waals surface area contributed by atoms with Crippen LogP contribution in [0, 0.1) is 13.8 Å². The Labute approximate surface area is 236 Å². The Kier molecular flexibility index (Phi) is 9.94. The van der Waals surface area contributed by atoms with Crippen molar-refractivity contribution in [3.8, 4) is 28.5 Å². The predicted octanol–water partition coefficient (Wildman–Crippen LogP) is 7.43. The van der Waals surface area contributed by atoms with Crippen LogP contribution in [0.25, 0.3) is 11.3 Å². The summed E-state index contributed by atoms with van der Waals surface area (Å²) in [5.74, 6) is -0.0964. The highest BCUT2D eigenvalue weighted by Crippen LogP contribution is 2.35. The largest absolute Gasteiger partial charge is 0.573 e. The van der Waals surface area contributed by atoms with E-state index < -0.39 is 17.9 Å². The van der Waals surface area contributed by atoms with Crippen LogP contribution in [0.4, 0.5) is 18.3 Å². The summed E-state index contributed by atoms with van der Waals surface area (Å²) in [6.45, 7) is 12.7. The van der Waals surface area contributed by atoms with E-state index in [1.54, 1.807) is 29.5 Å². The van der Waals surface area contributed by atoms with Gasteiger partial charge in [0, 0.05) is 23.5 Å². The van der Waals surface area contributed by atoms with Gasteiger partial charge >= 0.3 is 12.3 Å².